The van der Waals surface area contributed by atoms with Crippen LogP contribution in [0, 0.1) is 0 Å². The topological polar surface area (TPSA) is 138 Å². The summed E-state index contributed by atoms with van der Waals surface area (Å²) in [5.74, 6) is 1.02. The van der Waals surface area contributed by atoms with E-state index in [0.29, 0.717) is 39.7 Å². The molecule has 5 rings (SSSR count). The van der Waals surface area contributed by atoms with Gasteiger partial charge in [-0.2, -0.15) is 0 Å². The molecule has 1 aliphatic carbocycles. The molecule has 0 saturated carbocycles. The van der Waals surface area contributed by atoms with Gasteiger partial charge in [0.15, 0.2) is 5.65 Å². The maximum Gasteiger partial charge on any atom is 0.277 e. The van der Waals surface area contributed by atoms with Gasteiger partial charge in [-0.1, -0.05) is 12.1 Å². The third-order valence-corrected chi connectivity index (χ3v) is 7.03. The molecule has 0 spiro atoms. The molecule has 0 amide bonds. The molecular formula is C22H24N8O3S. The van der Waals surface area contributed by atoms with Gasteiger partial charge in [0.25, 0.3) is 5.56 Å². The Morgan fingerprint density at radius 3 is 2.62 bits per heavy atom. The highest BCUT2D eigenvalue weighted by Crippen LogP contribution is 2.32. The van der Waals surface area contributed by atoms with E-state index in [4.69, 9.17) is 0 Å². The lowest BCUT2D eigenvalue weighted by molar-refractivity contribution is 0.600. The van der Waals surface area contributed by atoms with Crippen molar-refractivity contribution in [2.24, 2.45) is 7.05 Å². The van der Waals surface area contributed by atoms with Crippen molar-refractivity contribution in [1.82, 2.24) is 24.7 Å². The van der Waals surface area contributed by atoms with E-state index in [0.717, 1.165) is 36.9 Å². The van der Waals surface area contributed by atoms with Crippen LogP contribution in [-0.4, -0.2) is 46.5 Å². The number of rotatable bonds is 6. The summed E-state index contributed by atoms with van der Waals surface area (Å²) in [5.41, 5.74) is 3.56. The van der Waals surface area contributed by atoms with Crippen LogP contribution in [0.25, 0.3) is 11.0 Å². The summed E-state index contributed by atoms with van der Waals surface area (Å²) in [6.45, 7) is 0. The Labute approximate surface area is 195 Å². The van der Waals surface area contributed by atoms with Gasteiger partial charge in [-0.25, -0.2) is 18.4 Å². The summed E-state index contributed by atoms with van der Waals surface area (Å²) in [6.07, 6.45) is 5.69. The van der Waals surface area contributed by atoms with E-state index in [1.165, 1.54) is 16.0 Å². The number of H-pyrrole nitrogens is 1. The van der Waals surface area contributed by atoms with E-state index in [1.807, 2.05) is 0 Å². The predicted molar refractivity (Wildman–Crippen MR) is 132 cm³/mol. The number of sulfonamides is 1. The number of hydrogen-bond acceptors (Lipinski definition) is 8. The highest BCUT2D eigenvalue weighted by Gasteiger charge is 2.19. The van der Waals surface area contributed by atoms with Gasteiger partial charge in [0.05, 0.1) is 40.9 Å². The Bertz CT molecular complexity index is 1580. The molecule has 0 saturated heterocycles. The number of fused-ring (bicyclic) bond motifs is 2. The van der Waals surface area contributed by atoms with Crippen LogP contribution in [0.15, 0.2) is 41.3 Å². The van der Waals surface area contributed by atoms with Crippen molar-refractivity contribution in [3.8, 4) is 0 Å². The van der Waals surface area contributed by atoms with Crippen LogP contribution in [0.5, 0.6) is 0 Å². The fraction of sp³-hybridized carbons (Fsp3) is 0.273. The highest BCUT2D eigenvalue weighted by molar-refractivity contribution is 7.92. The average Bonchev–Trinajstić information content (AvgIpc) is 3.36. The standard InChI is InChI=1S/C22H24N8O3S/c1-29-22(31)20-16(24-15-7-4-5-10-17(15)30(2)34(3,32)33)11-18(27-21(20)28-29)26-19-12-23-13-8-6-9-14(13)25-19/h4-5,7,10-12H,6,8-9H2,1-3H3,(H3,24,25,26,27,28). The van der Waals surface area contributed by atoms with Crippen molar-refractivity contribution in [3.63, 3.8) is 0 Å². The molecule has 0 aliphatic heterocycles. The van der Waals surface area contributed by atoms with E-state index in [1.54, 1.807) is 43.6 Å². The number of pyridine rings is 1. The summed E-state index contributed by atoms with van der Waals surface area (Å²) in [6, 6.07) is 8.67. The molecule has 1 aromatic carbocycles. The third-order valence-electron chi connectivity index (χ3n) is 5.84. The Hall–Kier alpha value is -3.93. The zero-order valence-corrected chi connectivity index (χ0v) is 19.8. The second-order valence-corrected chi connectivity index (χ2v) is 10.3. The molecule has 3 aromatic heterocycles. The maximum atomic E-state index is 12.8. The first-order valence-corrected chi connectivity index (χ1v) is 12.6. The van der Waals surface area contributed by atoms with E-state index in [2.05, 4.69) is 30.7 Å². The van der Waals surface area contributed by atoms with Crippen LogP contribution in [0.1, 0.15) is 17.8 Å². The monoisotopic (exact) mass is 480 g/mol. The Morgan fingerprint density at radius 2 is 1.82 bits per heavy atom. The normalized spacial score (nSPS) is 13.1. The van der Waals surface area contributed by atoms with Crippen molar-refractivity contribution in [2.45, 2.75) is 19.3 Å². The second-order valence-electron chi connectivity index (χ2n) is 8.25. The quantitative estimate of drug-likeness (QED) is 0.383. The summed E-state index contributed by atoms with van der Waals surface area (Å²) in [4.78, 5) is 26.5. The zero-order valence-electron chi connectivity index (χ0n) is 19.0. The van der Waals surface area contributed by atoms with Gasteiger partial charge < -0.3 is 10.6 Å². The van der Waals surface area contributed by atoms with E-state index < -0.39 is 10.0 Å². The lowest BCUT2D eigenvalue weighted by Crippen LogP contribution is -2.25. The zero-order chi connectivity index (χ0) is 24.0. The predicted octanol–water partition coefficient (Wildman–Crippen LogP) is 2.42. The van der Waals surface area contributed by atoms with Crippen molar-refractivity contribution < 1.29 is 8.42 Å². The van der Waals surface area contributed by atoms with Crippen molar-refractivity contribution in [2.75, 3.05) is 28.2 Å². The first-order chi connectivity index (χ1) is 16.2. The largest absolute Gasteiger partial charge is 0.353 e. The molecule has 4 aromatic rings. The molecule has 176 valence electrons. The minimum absolute atomic E-state index is 0.261. The van der Waals surface area contributed by atoms with Crippen LogP contribution < -0.4 is 20.5 Å². The Kier molecular flexibility index (Phi) is 5.24. The fourth-order valence-corrected chi connectivity index (χ4v) is 4.55. The smallest absolute Gasteiger partial charge is 0.277 e. The number of aryl methyl sites for hydroxylation is 3. The van der Waals surface area contributed by atoms with Gasteiger partial charge in [-0.15, -0.1) is 0 Å². The van der Waals surface area contributed by atoms with Crippen LogP contribution >= 0.6 is 0 Å². The van der Waals surface area contributed by atoms with E-state index >= 15 is 0 Å². The second kappa shape index (κ2) is 8.13. The molecule has 11 nitrogen and oxygen atoms in total. The van der Waals surface area contributed by atoms with Gasteiger partial charge in [0.1, 0.15) is 17.0 Å². The Morgan fingerprint density at radius 1 is 1.06 bits per heavy atom. The van der Waals surface area contributed by atoms with Crippen LogP contribution in [0.2, 0.25) is 0 Å². The lowest BCUT2D eigenvalue weighted by Gasteiger charge is -2.21. The highest BCUT2D eigenvalue weighted by atomic mass is 32.2. The van der Waals surface area contributed by atoms with Gasteiger partial charge in [0, 0.05) is 20.2 Å². The summed E-state index contributed by atoms with van der Waals surface area (Å²) >= 11 is 0. The molecule has 3 N–H and O–H groups in total. The number of benzene rings is 1. The minimum Gasteiger partial charge on any atom is -0.353 e. The van der Waals surface area contributed by atoms with Gasteiger partial charge >= 0.3 is 0 Å². The molecule has 1 aliphatic rings. The lowest BCUT2D eigenvalue weighted by atomic mass is 10.2. The fourth-order valence-electron chi connectivity index (χ4n) is 4.04. The minimum atomic E-state index is -3.49. The molecule has 12 heteroatoms. The Balaban J connectivity index is 1.58. The SMILES string of the molecule is CN(c1ccccc1Nc1cc(Nc2cnc3c(n2)CCC3)nc2[nH]n(C)c(=O)c12)S(C)(=O)=O. The first kappa shape index (κ1) is 21.9. The van der Waals surface area contributed by atoms with E-state index in [9.17, 15) is 13.2 Å². The molecule has 0 fully saturated rings. The molecule has 0 radical (unpaired) electrons. The van der Waals surface area contributed by atoms with Gasteiger partial charge in [-0.3, -0.25) is 23.9 Å². The number of nitrogens with zero attached hydrogens (tertiary/aromatic N) is 5. The number of aromatic amines is 1. The number of nitrogens with one attached hydrogen (secondary N) is 3. The molecule has 34 heavy (non-hydrogen) atoms. The number of aromatic nitrogens is 5. The molecular weight excluding hydrogens is 456 g/mol. The van der Waals surface area contributed by atoms with E-state index in [-0.39, 0.29) is 5.56 Å². The molecule has 0 unspecified atom stereocenters. The molecule has 3 heterocycles. The summed E-state index contributed by atoms with van der Waals surface area (Å²) in [7, 11) is -0.401. The number of anilines is 5. The summed E-state index contributed by atoms with van der Waals surface area (Å²) < 4.78 is 26.8. The number of para-hydroxylation sites is 2. The average molecular weight is 481 g/mol. The van der Waals surface area contributed by atoms with Crippen LogP contribution in [0.4, 0.5) is 28.7 Å². The van der Waals surface area contributed by atoms with Crippen LogP contribution in [0.3, 0.4) is 0 Å². The number of hydrogen-bond donors (Lipinski definition) is 3. The third kappa shape index (κ3) is 3.96. The first-order valence-electron chi connectivity index (χ1n) is 10.7. The van der Waals surface area contributed by atoms with Crippen molar-refractivity contribution in [1.29, 1.82) is 0 Å². The van der Waals surface area contributed by atoms with Gasteiger partial charge in [0.2, 0.25) is 10.0 Å². The molecule has 0 bridgehead atoms. The summed E-state index contributed by atoms with van der Waals surface area (Å²) in [5, 5.41) is 9.72. The maximum absolute atomic E-state index is 12.8. The van der Waals surface area contributed by atoms with Gasteiger partial charge in [-0.05, 0) is 31.4 Å². The van der Waals surface area contributed by atoms with Crippen molar-refractivity contribution >= 4 is 49.8 Å². The van der Waals surface area contributed by atoms with Crippen LogP contribution in [-0.2, 0) is 29.9 Å². The molecule has 0 atom stereocenters. The van der Waals surface area contributed by atoms with Crippen molar-refractivity contribution in [3.05, 3.63) is 58.3 Å².